The van der Waals surface area contributed by atoms with Crippen LogP contribution in [0.25, 0.3) is 0 Å². The number of hydrogen-bond acceptors (Lipinski definition) is 6. The second kappa shape index (κ2) is 9.24. The summed E-state index contributed by atoms with van der Waals surface area (Å²) in [6.07, 6.45) is -0.927. The van der Waals surface area contributed by atoms with E-state index in [1.165, 1.54) is 26.2 Å². The van der Waals surface area contributed by atoms with Crippen molar-refractivity contribution in [3.63, 3.8) is 0 Å². The van der Waals surface area contributed by atoms with E-state index in [2.05, 4.69) is 5.43 Å². The van der Waals surface area contributed by atoms with Crippen LogP contribution in [0.5, 0.6) is 17.2 Å². The molecular formula is C18H22N2O6S. The predicted molar refractivity (Wildman–Crippen MR) is 99.2 cm³/mol. The first-order valence-electron chi connectivity index (χ1n) is 8.21. The second-order valence-electron chi connectivity index (χ2n) is 5.41. The number of amides is 1. The fraction of sp³-hybridized carbons (Fsp3) is 0.278. The number of carbonyl (C=O) groups is 1. The molecule has 0 bridgehead atoms. The minimum Gasteiger partial charge on any atom is -0.495 e. The summed E-state index contributed by atoms with van der Waals surface area (Å²) in [6, 6.07) is 12.8. The molecule has 2 N–H and O–H groups in total. The smallest absolute Gasteiger partial charge is 0.275 e. The van der Waals surface area contributed by atoms with Gasteiger partial charge in [0.05, 0.1) is 13.7 Å². The molecule has 2 aromatic rings. The Bertz CT molecular complexity index is 868. The van der Waals surface area contributed by atoms with Gasteiger partial charge in [0.25, 0.3) is 15.9 Å². The molecule has 0 saturated heterocycles. The Balaban J connectivity index is 1.95. The van der Waals surface area contributed by atoms with Crippen LogP contribution >= 0.6 is 0 Å². The first-order chi connectivity index (χ1) is 12.9. The zero-order valence-corrected chi connectivity index (χ0v) is 16.1. The third kappa shape index (κ3) is 5.60. The number of hydrogen-bond donors (Lipinski definition) is 2. The quantitative estimate of drug-likeness (QED) is 0.630. The number of rotatable bonds is 9. The number of benzene rings is 2. The lowest BCUT2D eigenvalue weighted by molar-refractivity contribution is -0.127. The molecule has 8 nitrogen and oxygen atoms in total. The van der Waals surface area contributed by atoms with Gasteiger partial charge in [0.2, 0.25) is 0 Å². The van der Waals surface area contributed by atoms with Crippen LogP contribution in [-0.2, 0) is 14.8 Å². The molecule has 0 radical (unpaired) electrons. The van der Waals surface area contributed by atoms with Crippen molar-refractivity contribution in [2.24, 2.45) is 0 Å². The Morgan fingerprint density at radius 1 is 1.07 bits per heavy atom. The Hall–Kier alpha value is -2.78. The van der Waals surface area contributed by atoms with E-state index in [4.69, 9.17) is 14.2 Å². The van der Waals surface area contributed by atoms with Crippen LogP contribution in [0.3, 0.4) is 0 Å². The van der Waals surface area contributed by atoms with Crippen molar-refractivity contribution >= 4 is 15.9 Å². The average molecular weight is 394 g/mol. The average Bonchev–Trinajstić information content (AvgIpc) is 2.67. The minimum absolute atomic E-state index is 0.0899. The number of hydrazine groups is 1. The summed E-state index contributed by atoms with van der Waals surface area (Å²) in [5.41, 5.74) is 2.14. The lowest BCUT2D eigenvalue weighted by atomic mass is 10.3. The molecule has 1 unspecified atom stereocenters. The fourth-order valence-electron chi connectivity index (χ4n) is 2.15. The molecule has 0 aliphatic rings. The van der Waals surface area contributed by atoms with Crippen LogP contribution in [0.1, 0.15) is 13.8 Å². The Morgan fingerprint density at radius 2 is 1.70 bits per heavy atom. The molecule has 0 heterocycles. The van der Waals surface area contributed by atoms with E-state index in [-0.39, 0.29) is 10.6 Å². The third-order valence-corrected chi connectivity index (χ3v) is 4.77. The van der Waals surface area contributed by atoms with Crippen molar-refractivity contribution in [3.8, 4) is 17.2 Å². The zero-order valence-electron chi connectivity index (χ0n) is 15.3. The molecule has 1 amide bonds. The van der Waals surface area contributed by atoms with Gasteiger partial charge in [0.15, 0.2) is 6.10 Å². The van der Waals surface area contributed by atoms with Crippen LogP contribution in [0, 0.1) is 0 Å². The second-order valence-corrected chi connectivity index (χ2v) is 7.06. The summed E-state index contributed by atoms with van der Waals surface area (Å²) < 4.78 is 40.5. The van der Waals surface area contributed by atoms with Gasteiger partial charge in [-0.3, -0.25) is 10.2 Å². The van der Waals surface area contributed by atoms with Gasteiger partial charge < -0.3 is 14.2 Å². The molecule has 27 heavy (non-hydrogen) atoms. The summed E-state index contributed by atoms with van der Waals surface area (Å²) in [6.45, 7) is 3.93. The van der Waals surface area contributed by atoms with E-state index in [1.807, 2.05) is 11.8 Å². The monoisotopic (exact) mass is 394 g/mol. The highest BCUT2D eigenvalue weighted by molar-refractivity contribution is 7.89. The minimum atomic E-state index is -4.00. The Morgan fingerprint density at radius 3 is 2.33 bits per heavy atom. The zero-order chi connectivity index (χ0) is 19.9. The van der Waals surface area contributed by atoms with Gasteiger partial charge in [-0.05, 0) is 50.2 Å². The van der Waals surface area contributed by atoms with Crippen LogP contribution in [0.15, 0.2) is 53.4 Å². The van der Waals surface area contributed by atoms with Gasteiger partial charge in [0.1, 0.15) is 22.1 Å². The van der Waals surface area contributed by atoms with Crippen LogP contribution in [-0.4, -0.2) is 34.1 Å². The largest absolute Gasteiger partial charge is 0.495 e. The van der Waals surface area contributed by atoms with Crippen LogP contribution in [0.2, 0.25) is 0 Å². The summed E-state index contributed by atoms with van der Waals surface area (Å²) in [4.78, 5) is 14.1. The van der Waals surface area contributed by atoms with Crippen molar-refractivity contribution in [3.05, 3.63) is 48.5 Å². The van der Waals surface area contributed by atoms with E-state index < -0.39 is 22.0 Å². The van der Waals surface area contributed by atoms with E-state index in [0.29, 0.717) is 18.1 Å². The molecule has 146 valence electrons. The Labute approximate surface area is 158 Å². The molecule has 0 aliphatic heterocycles. The van der Waals surface area contributed by atoms with Crippen molar-refractivity contribution in [2.75, 3.05) is 13.7 Å². The van der Waals surface area contributed by atoms with Gasteiger partial charge in [-0.2, -0.15) is 0 Å². The summed E-state index contributed by atoms with van der Waals surface area (Å²) in [5, 5.41) is 0. The number of carbonyl (C=O) groups excluding carboxylic acids is 1. The molecule has 2 rings (SSSR count). The molecule has 2 aromatic carbocycles. The maximum atomic E-state index is 12.3. The normalized spacial score (nSPS) is 12.1. The summed E-state index contributed by atoms with van der Waals surface area (Å²) >= 11 is 0. The van der Waals surface area contributed by atoms with Gasteiger partial charge in [-0.1, -0.05) is 12.1 Å². The molecule has 0 saturated carbocycles. The highest BCUT2D eigenvalue weighted by Crippen LogP contribution is 2.22. The molecular weight excluding hydrogens is 372 g/mol. The van der Waals surface area contributed by atoms with Gasteiger partial charge in [-0.15, -0.1) is 4.83 Å². The third-order valence-electron chi connectivity index (χ3n) is 3.48. The number of methoxy groups -OCH3 is 1. The highest BCUT2D eigenvalue weighted by atomic mass is 32.2. The summed E-state index contributed by atoms with van der Waals surface area (Å²) in [5.74, 6) is 0.653. The lowest BCUT2D eigenvalue weighted by Gasteiger charge is -2.16. The van der Waals surface area contributed by atoms with Gasteiger partial charge >= 0.3 is 0 Å². The number of nitrogens with one attached hydrogen (secondary N) is 2. The van der Waals surface area contributed by atoms with Crippen molar-refractivity contribution in [1.82, 2.24) is 10.3 Å². The molecule has 0 aromatic heterocycles. The van der Waals surface area contributed by atoms with Crippen molar-refractivity contribution in [1.29, 1.82) is 0 Å². The maximum absolute atomic E-state index is 12.3. The highest BCUT2D eigenvalue weighted by Gasteiger charge is 2.22. The molecule has 0 fully saturated rings. The van der Waals surface area contributed by atoms with E-state index in [1.54, 1.807) is 36.4 Å². The SMILES string of the molecule is CCOc1ccc(OC(C)C(=O)NNS(=O)(=O)c2ccccc2OC)cc1. The topological polar surface area (TPSA) is 103 Å². The van der Waals surface area contributed by atoms with E-state index >= 15 is 0 Å². The molecule has 1 atom stereocenters. The van der Waals surface area contributed by atoms with E-state index in [9.17, 15) is 13.2 Å². The van der Waals surface area contributed by atoms with Crippen LogP contribution < -0.4 is 24.5 Å². The predicted octanol–water partition coefficient (Wildman–Crippen LogP) is 1.87. The maximum Gasteiger partial charge on any atom is 0.275 e. The number of para-hydroxylation sites is 1. The molecule has 9 heteroatoms. The summed E-state index contributed by atoms with van der Waals surface area (Å²) in [7, 11) is -2.63. The fourth-order valence-corrected chi connectivity index (χ4v) is 3.17. The van der Waals surface area contributed by atoms with Crippen molar-refractivity contribution in [2.45, 2.75) is 24.8 Å². The Kier molecular flexibility index (Phi) is 7.03. The number of ether oxygens (including phenoxy) is 3. The number of sulfonamides is 1. The van der Waals surface area contributed by atoms with Crippen molar-refractivity contribution < 1.29 is 27.4 Å². The lowest BCUT2D eigenvalue weighted by Crippen LogP contribution is -2.47. The van der Waals surface area contributed by atoms with Gasteiger partial charge in [0, 0.05) is 0 Å². The van der Waals surface area contributed by atoms with Gasteiger partial charge in [-0.25, -0.2) is 8.42 Å². The molecule has 0 aliphatic carbocycles. The van der Waals surface area contributed by atoms with Crippen LogP contribution in [0.4, 0.5) is 0 Å². The molecule has 0 spiro atoms. The standard InChI is InChI=1S/C18H22N2O6S/c1-4-25-14-9-11-15(12-10-14)26-13(2)18(21)19-20-27(22,23)17-8-6-5-7-16(17)24-3/h5-13,20H,4H2,1-3H3,(H,19,21). The van der Waals surface area contributed by atoms with E-state index in [0.717, 1.165) is 0 Å². The first kappa shape index (κ1) is 20.5. The first-order valence-corrected chi connectivity index (χ1v) is 9.70.